The molecule has 4 aliphatic rings. The molecule has 3 saturated carbocycles. The third-order valence-corrected chi connectivity index (χ3v) is 10.9. The van der Waals surface area contributed by atoms with Crippen molar-refractivity contribution in [3.8, 4) is 0 Å². The Morgan fingerprint density at radius 3 is 2.28 bits per heavy atom. The Bertz CT molecular complexity index is 788. The number of rotatable bonds is 4. The molecule has 4 N–H and O–H groups in total. The minimum absolute atomic E-state index is 0.0859. The van der Waals surface area contributed by atoms with Crippen molar-refractivity contribution >= 4 is 0 Å². The second-order valence-corrected chi connectivity index (χ2v) is 12.7. The molecule has 0 amide bonds. The molecule has 0 saturated heterocycles. The van der Waals surface area contributed by atoms with E-state index in [2.05, 4.69) is 46.8 Å². The van der Waals surface area contributed by atoms with E-state index in [1.54, 1.807) is 6.08 Å². The first-order valence-corrected chi connectivity index (χ1v) is 13.0. The van der Waals surface area contributed by atoms with Crippen LogP contribution in [0.4, 0.5) is 0 Å². The molecule has 0 heterocycles. The Kier molecular flexibility index (Phi) is 6.06. The summed E-state index contributed by atoms with van der Waals surface area (Å²) in [5, 5.41) is 45.2. The molecule has 4 heteroatoms. The molecule has 0 radical (unpaired) electrons. The molecule has 4 rings (SSSR count). The quantitative estimate of drug-likeness (QED) is 0.475. The fourth-order valence-corrected chi connectivity index (χ4v) is 8.11. The summed E-state index contributed by atoms with van der Waals surface area (Å²) in [4.78, 5) is 0. The van der Waals surface area contributed by atoms with E-state index >= 15 is 0 Å². The second kappa shape index (κ2) is 7.93. The van der Waals surface area contributed by atoms with E-state index in [-0.39, 0.29) is 17.8 Å². The number of hydrogen-bond acceptors (Lipinski definition) is 4. The Hall–Kier alpha value is -0.680. The Morgan fingerprint density at radius 1 is 0.938 bits per heavy atom. The molecule has 10 atom stereocenters. The zero-order valence-corrected chi connectivity index (χ0v) is 21.0. The van der Waals surface area contributed by atoms with Crippen LogP contribution < -0.4 is 0 Å². The van der Waals surface area contributed by atoms with Crippen LogP contribution in [-0.4, -0.2) is 43.8 Å². The smallest absolute Gasteiger partial charge is 0.105 e. The van der Waals surface area contributed by atoms with E-state index in [1.807, 2.05) is 6.92 Å². The van der Waals surface area contributed by atoms with Gasteiger partial charge in [-0.05, 0) is 79.1 Å². The second-order valence-electron chi connectivity index (χ2n) is 12.7. The van der Waals surface area contributed by atoms with Gasteiger partial charge in [0.15, 0.2) is 0 Å². The van der Waals surface area contributed by atoms with E-state index < -0.39 is 28.8 Å². The molecule has 0 aromatic carbocycles. The van der Waals surface area contributed by atoms with Gasteiger partial charge in [-0.25, -0.2) is 0 Å². The van der Waals surface area contributed by atoms with Gasteiger partial charge >= 0.3 is 0 Å². The number of allylic oxidation sites excluding steroid dienone is 2. The van der Waals surface area contributed by atoms with E-state index in [0.29, 0.717) is 42.9 Å². The van der Waals surface area contributed by atoms with Gasteiger partial charge in [0, 0.05) is 11.8 Å². The van der Waals surface area contributed by atoms with Crippen LogP contribution in [0.25, 0.3) is 0 Å². The van der Waals surface area contributed by atoms with Crippen LogP contribution >= 0.6 is 0 Å². The average Bonchev–Trinajstić information content (AvgIpc) is 3.07. The maximum atomic E-state index is 12.2. The largest absolute Gasteiger partial charge is 0.393 e. The molecular formula is C28H46O4. The lowest BCUT2D eigenvalue weighted by molar-refractivity contribution is -0.258. The molecule has 32 heavy (non-hydrogen) atoms. The summed E-state index contributed by atoms with van der Waals surface area (Å²) in [5.74, 6) is 2.45. The number of hydrogen-bond donors (Lipinski definition) is 4. The SMILES string of the molecule is CC(C)[C@@H](C)/C=C/[C@@H](C)[C@H]1CC[C@H]2C3=C[C@@H](O)[C@@]4(O)C[C@@H](O)CC[C@]4(C)[C@@]3(O)CC[C@]12C. The molecule has 0 bridgehead atoms. The third-order valence-electron chi connectivity index (χ3n) is 10.9. The third kappa shape index (κ3) is 3.23. The maximum Gasteiger partial charge on any atom is 0.105 e. The van der Waals surface area contributed by atoms with Gasteiger partial charge in [-0.2, -0.15) is 0 Å². The fourth-order valence-electron chi connectivity index (χ4n) is 8.11. The monoisotopic (exact) mass is 446 g/mol. The van der Waals surface area contributed by atoms with E-state index in [4.69, 9.17) is 0 Å². The summed E-state index contributed by atoms with van der Waals surface area (Å²) in [6.07, 6.45) is 9.79. The van der Waals surface area contributed by atoms with Gasteiger partial charge in [0.25, 0.3) is 0 Å². The highest BCUT2D eigenvalue weighted by Gasteiger charge is 2.70. The summed E-state index contributed by atoms with van der Waals surface area (Å²) < 4.78 is 0. The normalized spacial score (nSPS) is 50.5. The summed E-state index contributed by atoms with van der Waals surface area (Å²) in [5.41, 5.74) is -2.40. The molecular weight excluding hydrogens is 400 g/mol. The predicted octanol–water partition coefficient (Wildman–Crippen LogP) is 4.61. The Labute approximate surface area is 194 Å². The first-order chi connectivity index (χ1) is 14.8. The number of aliphatic hydroxyl groups excluding tert-OH is 2. The van der Waals surface area contributed by atoms with Gasteiger partial charge < -0.3 is 20.4 Å². The molecule has 3 fully saturated rings. The van der Waals surface area contributed by atoms with Gasteiger partial charge in [-0.1, -0.05) is 59.8 Å². The minimum atomic E-state index is -1.49. The van der Waals surface area contributed by atoms with Crippen LogP contribution in [0.5, 0.6) is 0 Å². The first kappa shape index (κ1) is 24.4. The highest BCUT2D eigenvalue weighted by molar-refractivity contribution is 5.40. The summed E-state index contributed by atoms with van der Waals surface area (Å²) in [6.45, 7) is 13.5. The summed E-state index contributed by atoms with van der Waals surface area (Å²) in [7, 11) is 0. The maximum absolute atomic E-state index is 12.2. The Morgan fingerprint density at radius 2 is 1.62 bits per heavy atom. The van der Waals surface area contributed by atoms with Crippen molar-refractivity contribution in [3.05, 3.63) is 23.8 Å². The average molecular weight is 447 g/mol. The van der Waals surface area contributed by atoms with Gasteiger partial charge in [-0.3, -0.25) is 0 Å². The van der Waals surface area contributed by atoms with Crippen molar-refractivity contribution in [1.82, 2.24) is 0 Å². The van der Waals surface area contributed by atoms with Gasteiger partial charge in [0.1, 0.15) is 11.7 Å². The molecule has 0 aromatic heterocycles. The van der Waals surface area contributed by atoms with E-state index in [9.17, 15) is 20.4 Å². The van der Waals surface area contributed by atoms with Crippen LogP contribution in [0, 0.1) is 40.4 Å². The highest BCUT2D eigenvalue weighted by Crippen LogP contribution is 2.69. The summed E-state index contributed by atoms with van der Waals surface area (Å²) >= 11 is 0. The van der Waals surface area contributed by atoms with Crippen LogP contribution in [0.2, 0.25) is 0 Å². The van der Waals surface area contributed by atoms with Crippen LogP contribution in [0.3, 0.4) is 0 Å². The number of aliphatic hydroxyl groups is 4. The zero-order valence-electron chi connectivity index (χ0n) is 21.0. The van der Waals surface area contributed by atoms with Crippen molar-refractivity contribution in [2.45, 2.75) is 110 Å². The molecule has 0 unspecified atom stereocenters. The predicted molar refractivity (Wildman–Crippen MR) is 128 cm³/mol. The van der Waals surface area contributed by atoms with Crippen LogP contribution in [-0.2, 0) is 0 Å². The van der Waals surface area contributed by atoms with Crippen LogP contribution in [0.15, 0.2) is 23.8 Å². The zero-order chi connectivity index (χ0) is 23.7. The number of fused-ring (bicyclic) bond motifs is 5. The molecule has 0 aromatic rings. The van der Waals surface area contributed by atoms with Crippen LogP contribution in [0.1, 0.15) is 86.5 Å². The highest BCUT2D eigenvalue weighted by atomic mass is 16.4. The molecule has 0 spiro atoms. The molecule has 4 nitrogen and oxygen atoms in total. The molecule has 182 valence electrons. The molecule has 4 aliphatic carbocycles. The Balaban J connectivity index is 1.67. The summed E-state index contributed by atoms with van der Waals surface area (Å²) in [6, 6.07) is 0. The van der Waals surface area contributed by atoms with Crippen molar-refractivity contribution in [3.63, 3.8) is 0 Å². The standard InChI is InChI=1S/C28H46O4/c1-17(2)18(3)7-8-19(4)21-9-10-22-23-15-24(30)28(32)16-20(29)11-12-26(28,6)27(23,31)14-13-25(21,22)5/h7-8,15,17-22,24,29-32H,9-14,16H2,1-6H3/b8-7+/t18-,19+,20-,21+,22-,24+,25+,26+,27+,28-/m0/s1. The topological polar surface area (TPSA) is 80.9 Å². The van der Waals surface area contributed by atoms with Crippen molar-refractivity contribution in [2.75, 3.05) is 0 Å². The van der Waals surface area contributed by atoms with E-state index in [0.717, 1.165) is 24.8 Å². The van der Waals surface area contributed by atoms with Crippen molar-refractivity contribution in [2.24, 2.45) is 40.4 Å². The van der Waals surface area contributed by atoms with Gasteiger partial charge in [0.2, 0.25) is 0 Å². The fraction of sp³-hybridized carbons (Fsp3) is 0.857. The van der Waals surface area contributed by atoms with Crippen molar-refractivity contribution < 1.29 is 20.4 Å². The minimum Gasteiger partial charge on any atom is -0.393 e. The lowest BCUT2D eigenvalue weighted by Gasteiger charge is -2.65. The van der Waals surface area contributed by atoms with Gasteiger partial charge in [0.05, 0.1) is 11.7 Å². The lowest BCUT2D eigenvalue weighted by Crippen LogP contribution is -2.72. The van der Waals surface area contributed by atoms with Gasteiger partial charge in [-0.15, -0.1) is 0 Å². The van der Waals surface area contributed by atoms with Crippen molar-refractivity contribution in [1.29, 1.82) is 0 Å². The first-order valence-electron chi connectivity index (χ1n) is 13.0. The molecule has 0 aliphatic heterocycles. The lowest BCUT2D eigenvalue weighted by atomic mass is 9.43. The van der Waals surface area contributed by atoms with E-state index in [1.165, 1.54) is 0 Å².